The summed E-state index contributed by atoms with van der Waals surface area (Å²) >= 11 is 0. The van der Waals surface area contributed by atoms with Crippen molar-refractivity contribution < 1.29 is 21.9 Å². The summed E-state index contributed by atoms with van der Waals surface area (Å²) in [6.07, 6.45) is -3.17. The zero-order valence-electron chi connectivity index (χ0n) is 12.9. The third kappa shape index (κ3) is 3.87. The summed E-state index contributed by atoms with van der Waals surface area (Å²) in [6.45, 7) is 0. The van der Waals surface area contributed by atoms with Gasteiger partial charge >= 0.3 is 12.1 Å². The molecule has 0 radical (unpaired) electrons. The molecule has 0 saturated heterocycles. The van der Waals surface area contributed by atoms with Gasteiger partial charge in [-0.2, -0.15) is 22.5 Å². The first-order valence-corrected chi connectivity index (χ1v) is 8.96. The van der Waals surface area contributed by atoms with Crippen LogP contribution in [0, 0.1) is 0 Å². The summed E-state index contributed by atoms with van der Waals surface area (Å²) in [5.41, 5.74) is 0.764. The third-order valence-corrected chi connectivity index (χ3v) is 4.96. The summed E-state index contributed by atoms with van der Waals surface area (Å²) in [4.78, 5) is 3.90. The molecule has 0 bridgehead atoms. The van der Waals surface area contributed by atoms with Gasteiger partial charge in [-0.05, 0) is 36.4 Å². The molecule has 130 valence electrons. The first-order chi connectivity index (χ1) is 11.8. The number of alkyl halides is 3. The Morgan fingerprint density at radius 1 is 1.04 bits per heavy atom. The van der Waals surface area contributed by atoms with Crippen molar-refractivity contribution in [1.82, 2.24) is 10.1 Å². The standard InChI is InChI=1S/C16H12F3N3O2S/c1-25(23,13-5-3-2-4-6-13)22-12-9-7-11(8-10-12)14-20-15(24-21-14)16(17,18)19/h2-10H,1H3. The van der Waals surface area contributed by atoms with E-state index in [-0.39, 0.29) is 5.82 Å². The van der Waals surface area contributed by atoms with Crippen LogP contribution in [0.15, 0.2) is 68.4 Å². The van der Waals surface area contributed by atoms with Crippen molar-refractivity contribution in [3.05, 3.63) is 60.5 Å². The van der Waals surface area contributed by atoms with Gasteiger partial charge in [-0.25, -0.2) is 4.21 Å². The Balaban J connectivity index is 1.89. The van der Waals surface area contributed by atoms with Crippen LogP contribution >= 0.6 is 0 Å². The second-order valence-electron chi connectivity index (χ2n) is 5.17. The molecule has 3 aromatic rings. The topological polar surface area (TPSA) is 68.3 Å². The summed E-state index contributed by atoms with van der Waals surface area (Å²) in [6, 6.07) is 14.8. The van der Waals surface area contributed by atoms with Gasteiger partial charge in [0.1, 0.15) is 0 Å². The van der Waals surface area contributed by atoms with Gasteiger partial charge in [-0.1, -0.05) is 23.4 Å². The van der Waals surface area contributed by atoms with Crippen LogP contribution in [0.2, 0.25) is 0 Å². The molecule has 0 spiro atoms. The lowest BCUT2D eigenvalue weighted by Crippen LogP contribution is -2.04. The fourth-order valence-corrected chi connectivity index (χ4v) is 3.35. The van der Waals surface area contributed by atoms with Crippen molar-refractivity contribution >= 4 is 15.4 Å². The highest BCUT2D eigenvalue weighted by Gasteiger charge is 2.38. The Labute approximate surface area is 141 Å². The van der Waals surface area contributed by atoms with Gasteiger partial charge in [0.05, 0.1) is 15.4 Å². The van der Waals surface area contributed by atoms with E-state index in [2.05, 4.69) is 19.0 Å². The van der Waals surface area contributed by atoms with Gasteiger partial charge < -0.3 is 4.52 Å². The molecule has 1 unspecified atom stereocenters. The molecule has 1 heterocycles. The molecule has 2 aromatic carbocycles. The lowest BCUT2D eigenvalue weighted by molar-refractivity contribution is -0.159. The van der Waals surface area contributed by atoms with E-state index in [0.717, 1.165) is 0 Å². The van der Waals surface area contributed by atoms with E-state index in [9.17, 15) is 17.4 Å². The lowest BCUT2D eigenvalue weighted by Gasteiger charge is -2.04. The first kappa shape index (κ1) is 17.2. The number of benzene rings is 2. The molecule has 5 nitrogen and oxygen atoms in total. The normalized spacial score (nSPS) is 14.1. The molecule has 1 aromatic heterocycles. The van der Waals surface area contributed by atoms with Gasteiger partial charge in [0.2, 0.25) is 5.82 Å². The van der Waals surface area contributed by atoms with Crippen LogP contribution in [0.4, 0.5) is 18.9 Å². The zero-order valence-corrected chi connectivity index (χ0v) is 13.7. The van der Waals surface area contributed by atoms with E-state index < -0.39 is 21.8 Å². The quantitative estimate of drug-likeness (QED) is 0.681. The minimum atomic E-state index is -4.69. The highest BCUT2D eigenvalue weighted by atomic mass is 32.2. The Hall–Kier alpha value is -2.68. The van der Waals surface area contributed by atoms with Crippen LogP contribution in [0.3, 0.4) is 0 Å². The maximum Gasteiger partial charge on any atom is 0.471 e. The SMILES string of the molecule is CS(=O)(=Nc1ccc(-c2noc(C(F)(F)F)n2)cc1)c1ccccc1. The highest BCUT2D eigenvalue weighted by molar-refractivity contribution is 7.93. The zero-order chi connectivity index (χ0) is 18.1. The average molecular weight is 367 g/mol. The second kappa shape index (κ2) is 6.32. The van der Waals surface area contributed by atoms with E-state index in [0.29, 0.717) is 16.1 Å². The maximum atomic E-state index is 12.7. The van der Waals surface area contributed by atoms with Gasteiger partial charge in [0, 0.05) is 16.7 Å². The molecule has 3 rings (SSSR count). The molecule has 0 aliphatic carbocycles. The van der Waals surface area contributed by atoms with Crippen LogP contribution in [0.1, 0.15) is 5.89 Å². The van der Waals surface area contributed by atoms with Crippen molar-refractivity contribution in [2.75, 3.05) is 6.26 Å². The Bertz CT molecular complexity index is 989. The minimum Gasteiger partial charge on any atom is -0.329 e. The predicted molar refractivity (Wildman–Crippen MR) is 85.6 cm³/mol. The molecule has 0 N–H and O–H groups in total. The van der Waals surface area contributed by atoms with E-state index in [4.69, 9.17) is 0 Å². The van der Waals surface area contributed by atoms with E-state index in [1.807, 2.05) is 6.07 Å². The molecule has 0 saturated carbocycles. The van der Waals surface area contributed by atoms with Gasteiger partial charge in [0.25, 0.3) is 0 Å². The number of nitrogens with zero attached hydrogens (tertiary/aromatic N) is 3. The predicted octanol–water partition coefficient (Wildman–Crippen LogP) is 4.54. The molecule has 1 atom stereocenters. The molecule has 0 aliphatic heterocycles. The van der Waals surface area contributed by atoms with Crippen molar-refractivity contribution in [2.45, 2.75) is 11.1 Å². The molecule has 0 amide bonds. The smallest absolute Gasteiger partial charge is 0.329 e. The van der Waals surface area contributed by atoms with Gasteiger partial charge in [-0.15, -0.1) is 0 Å². The molecule has 9 heteroatoms. The summed E-state index contributed by atoms with van der Waals surface area (Å²) in [5, 5.41) is 3.31. The molecule has 25 heavy (non-hydrogen) atoms. The summed E-state index contributed by atoms with van der Waals surface area (Å²) < 4.78 is 58.6. The van der Waals surface area contributed by atoms with Crippen LogP contribution in [0.5, 0.6) is 0 Å². The fourth-order valence-electron chi connectivity index (χ4n) is 2.05. The van der Waals surface area contributed by atoms with Gasteiger partial charge in [0.15, 0.2) is 0 Å². The van der Waals surface area contributed by atoms with Crippen molar-refractivity contribution in [2.24, 2.45) is 4.36 Å². The Morgan fingerprint density at radius 2 is 1.68 bits per heavy atom. The lowest BCUT2D eigenvalue weighted by atomic mass is 10.2. The Morgan fingerprint density at radius 3 is 2.24 bits per heavy atom. The van der Waals surface area contributed by atoms with Crippen molar-refractivity contribution in [3.8, 4) is 11.4 Å². The molecule has 0 aliphatic rings. The van der Waals surface area contributed by atoms with Gasteiger partial charge in [-0.3, -0.25) is 0 Å². The van der Waals surface area contributed by atoms with Crippen LogP contribution in [-0.4, -0.2) is 20.6 Å². The number of hydrogen-bond acceptors (Lipinski definition) is 5. The molecule has 0 fully saturated rings. The number of halogens is 3. The third-order valence-electron chi connectivity index (χ3n) is 3.25. The molecular formula is C16H12F3N3O2S. The summed E-state index contributed by atoms with van der Waals surface area (Å²) in [7, 11) is -2.63. The van der Waals surface area contributed by atoms with Crippen molar-refractivity contribution in [3.63, 3.8) is 0 Å². The van der Waals surface area contributed by atoms with Crippen molar-refractivity contribution in [1.29, 1.82) is 0 Å². The fraction of sp³-hybridized carbons (Fsp3) is 0.125. The largest absolute Gasteiger partial charge is 0.471 e. The minimum absolute atomic E-state index is 0.181. The van der Waals surface area contributed by atoms with Crippen LogP contribution in [0.25, 0.3) is 11.4 Å². The maximum absolute atomic E-state index is 12.7. The second-order valence-corrected chi connectivity index (χ2v) is 7.43. The number of aromatic nitrogens is 2. The molecular weight excluding hydrogens is 355 g/mol. The van der Waals surface area contributed by atoms with E-state index >= 15 is 0 Å². The van der Waals surface area contributed by atoms with E-state index in [1.54, 1.807) is 24.3 Å². The average Bonchev–Trinajstić information content (AvgIpc) is 3.06. The highest BCUT2D eigenvalue weighted by Crippen LogP contribution is 2.30. The number of hydrogen-bond donors (Lipinski definition) is 0. The monoisotopic (exact) mass is 367 g/mol. The summed E-state index contributed by atoms with van der Waals surface area (Å²) in [5.74, 6) is -1.59. The van der Waals surface area contributed by atoms with Crippen LogP contribution < -0.4 is 0 Å². The van der Waals surface area contributed by atoms with E-state index in [1.165, 1.54) is 30.5 Å². The Kier molecular flexibility index (Phi) is 4.34. The first-order valence-electron chi connectivity index (χ1n) is 7.04. The van der Waals surface area contributed by atoms with Crippen LogP contribution in [-0.2, 0) is 15.9 Å². The number of rotatable bonds is 3.